The number of rotatable bonds is 3. The van der Waals surface area contributed by atoms with Crippen LogP contribution in [0.3, 0.4) is 0 Å². The topological polar surface area (TPSA) is 82.0 Å². The molecule has 0 amide bonds. The summed E-state index contributed by atoms with van der Waals surface area (Å²) in [5.41, 5.74) is 0.0462. The van der Waals surface area contributed by atoms with Gasteiger partial charge >= 0.3 is 0 Å². The molecule has 2 rings (SSSR count). The van der Waals surface area contributed by atoms with E-state index in [-0.39, 0.29) is 4.90 Å². The summed E-state index contributed by atoms with van der Waals surface area (Å²) in [6, 6.07) is 7.92. The van der Waals surface area contributed by atoms with Crippen molar-refractivity contribution in [3.05, 3.63) is 29.8 Å². The van der Waals surface area contributed by atoms with E-state index in [0.29, 0.717) is 5.56 Å². The lowest BCUT2D eigenvalue weighted by molar-refractivity contribution is 0.308. The van der Waals surface area contributed by atoms with Crippen molar-refractivity contribution in [3.63, 3.8) is 0 Å². The largest absolute Gasteiger partial charge is 0.317 e. The second-order valence-corrected chi connectivity index (χ2v) is 6.73. The van der Waals surface area contributed by atoms with Crippen LogP contribution in [0.2, 0.25) is 0 Å². The number of piperidine rings is 1. The summed E-state index contributed by atoms with van der Waals surface area (Å²) in [5, 5.41) is 11.9. The van der Waals surface area contributed by atoms with Crippen molar-refractivity contribution < 1.29 is 8.42 Å². The van der Waals surface area contributed by atoms with Gasteiger partial charge in [-0.15, -0.1) is 0 Å². The molecule has 2 N–H and O–H groups in total. The van der Waals surface area contributed by atoms with Crippen LogP contribution in [0.25, 0.3) is 0 Å². The highest BCUT2D eigenvalue weighted by Crippen LogP contribution is 2.21. The summed E-state index contributed by atoms with van der Waals surface area (Å²) in [4.78, 5) is 0.200. The van der Waals surface area contributed by atoms with Crippen LogP contribution in [-0.4, -0.2) is 27.0 Å². The van der Waals surface area contributed by atoms with E-state index in [1.807, 2.05) is 13.0 Å². The minimum atomic E-state index is -3.53. The summed E-state index contributed by atoms with van der Waals surface area (Å²) >= 11 is 0. The lowest BCUT2D eigenvalue weighted by Crippen LogP contribution is -2.52. The summed E-state index contributed by atoms with van der Waals surface area (Å²) in [5.74, 6) is 0. The SMILES string of the molecule is CC1(NS(=O)(=O)c2ccc(C#N)cc2)CCNCC1. The van der Waals surface area contributed by atoms with E-state index in [1.165, 1.54) is 24.3 Å². The Morgan fingerprint density at radius 1 is 1.26 bits per heavy atom. The Morgan fingerprint density at radius 3 is 2.37 bits per heavy atom. The highest BCUT2D eigenvalue weighted by atomic mass is 32.2. The molecule has 0 bridgehead atoms. The lowest BCUT2D eigenvalue weighted by atomic mass is 9.92. The Hall–Kier alpha value is -1.42. The van der Waals surface area contributed by atoms with E-state index in [2.05, 4.69) is 10.0 Å². The minimum Gasteiger partial charge on any atom is -0.317 e. The molecule has 0 atom stereocenters. The fourth-order valence-electron chi connectivity index (χ4n) is 2.17. The molecule has 1 aliphatic rings. The maximum absolute atomic E-state index is 12.3. The maximum atomic E-state index is 12.3. The first kappa shape index (κ1) is 14.0. The third-order valence-electron chi connectivity index (χ3n) is 3.38. The summed E-state index contributed by atoms with van der Waals surface area (Å²) in [6.45, 7) is 3.55. The van der Waals surface area contributed by atoms with Gasteiger partial charge < -0.3 is 5.32 Å². The number of hydrogen-bond donors (Lipinski definition) is 2. The zero-order valence-corrected chi connectivity index (χ0v) is 11.6. The molecular weight excluding hydrogens is 262 g/mol. The number of sulfonamides is 1. The van der Waals surface area contributed by atoms with E-state index in [4.69, 9.17) is 5.26 Å². The molecule has 0 radical (unpaired) electrons. The van der Waals surface area contributed by atoms with Gasteiger partial charge in [0.2, 0.25) is 10.0 Å². The van der Waals surface area contributed by atoms with Crippen molar-refractivity contribution in [1.82, 2.24) is 10.0 Å². The molecule has 1 saturated heterocycles. The summed E-state index contributed by atoms with van der Waals surface area (Å²) in [6.07, 6.45) is 1.53. The van der Waals surface area contributed by atoms with Crippen LogP contribution in [0.4, 0.5) is 0 Å². The first-order valence-electron chi connectivity index (χ1n) is 6.20. The Kier molecular flexibility index (Phi) is 3.90. The van der Waals surface area contributed by atoms with Crippen LogP contribution in [-0.2, 0) is 10.0 Å². The van der Waals surface area contributed by atoms with E-state index in [0.717, 1.165) is 25.9 Å². The van der Waals surface area contributed by atoms with Crippen LogP contribution in [0.5, 0.6) is 0 Å². The van der Waals surface area contributed by atoms with Gasteiger partial charge in [-0.3, -0.25) is 0 Å². The van der Waals surface area contributed by atoms with Crippen LogP contribution in [0, 0.1) is 11.3 Å². The van der Waals surface area contributed by atoms with Crippen molar-refractivity contribution in [3.8, 4) is 6.07 Å². The van der Waals surface area contributed by atoms with Gasteiger partial charge in [0.15, 0.2) is 0 Å². The zero-order valence-electron chi connectivity index (χ0n) is 10.8. The molecular formula is C13H17N3O2S. The molecule has 102 valence electrons. The van der Waals surface area contributed by atoms with Gasteiger partial charge in [0.1, 0.15) is 0 Å². The Morgan fingerprint density at radius 2 is 1.84 bits per heavy atom. The van der Waals surface area contributed by atoms with Crippen LogP contribution < -0.4 is 10.0 Å². The van der Waals surface area contributed by atoms with E-state index in [9.17, 15) is 8.42 Å². The van der Waals surface area contributed by atoms with Gasteiger partial charge in [-0.2, -0.15) is 5.26 Å². The molecule has 1 aromatic rings. The quantitative estimate of drug-likeness (QED) is 0.864. The van der Waals surface area contributed by atoms with Gasteiger partial charge in [0.25, 0.3) is 0 Å². The predicted octanol–water partition coefficient (Wildman–Crippen LogP) is 0.979. The number of nitrogens with one attached hydrogen (secondary N) is 2. The molecule has 0 spiro atoms. The highest BCUT2D eigenvalue weighted by Gasteiger charge is 2.31. The molecule has 0 saturated carbocycles. The fourth-order valence-corrected chi connectivity index (χ4v) is 3.64. The first-order chi connectivity index (χ1) is 8.95. The first-order valence-corrected chi connectivity index (χ1v) is 7.68. The monoisotopic (exact) mass is 279 g/mol. The normalized spacial score (nSPS) is 18.7. The summed E-state index contributed by atoms with van der Waals surface area (Å²) < 4.78 is 27.4. The van der Waals surface area contributed by atoms with Gasteiger partial charge in [0, 0.05) is 5.54 Å². The third-order valence-corrected chi connectivity index (χ3v) is 5.04. The van der Waals surface area contributed by atoms with Gasteiger partial charge in [-0.05, 0) is 57.1 Å². The molecule has 1 aromatic carbocycles. The standard InChI is InChI=1S/C13H17N3O2S/c1-13(6-8-15-9-7-13)16-19(17,18)12-4-2-11(10-14)3-5-12/h2-5,15-16H,6-9H2,1H3. The Labute approximate surface area is 113 Å². The smallest absolute Gasteiger partial charge is 0.241 e. The van der Waals surface area contributed by atoms with Gasteiger partial charge in [-0.25, -0.2) is 13.1 Å². The molecule has 19 heavy (non-hydrogen) atoms. The minimum absolute atomic E-state index is 0.200. The van der Waals surface area contributed by atoms with Gasteiger partial charge in [-0.1, -0.05) is 0 Å². The second-order valence-electron chi connectivity index (χ2n) is 5.05. The average molecular weight is 279 g/mol. The van der Waals surface area contributed by atoms with Crippen LogP contribution in [0.15, 0.2) is 29.2 Å². The maximum Gasteiger partial charge on any atom is 0.241 e. The molecule has 0 aliphatic carbocycles. The molecule has 0 aromatic heterocycles. The number of nitriles is 1. The Bertz CT molecular complexity index is 581. The van der Waals surface area contributed by atoms with Crippen molar-refractivity contribution in [2.45, 2.75) is 30.2 Å². The predicted molar refractivity (Wildman–Crippen MR) is 72.0 cm³/mol. The van der Waals surface area contributed by atoms with Crippen molar-refractivity contribution in [1.29, 1.82) is 5.26 Å². The number of hydrogen-bond acceptors (Lipinski definition) is 4. The molecule has 0 unspecified atom stereocenters. The van der Waals surface area contributed by atoms with Crippen LogP contribution in [0.1, 0.15) is 25.3 Å². The molecule has 1 aliphatic heterocycles. The average Bonchev–Trinajstić information content (AvgIpc) is 2.38. The molecule has 6 heteroatoms. The summed E-state index contributed by atoms with van der Waals surface area (Å²) in [7, 11) is -3.53. The van der Waals surface area contributed by atoms with E-state index in [1.54, 1.807) is 0 Å². The van der Waals surface area contributed by atoms with E-state index >= 15 is 0 Å². The Balaban J connectivity index is 2.19. The zero-order chi connectivity index (χ0) is 13.9. The van der Waals surface area contributed by atoms with Crippen molar-refractivity contribution in [2.24, 2.45) is 0 Å². The van der Waals surface area contributed by atoms with Crippen LogP contribution >= 0.6 is 0 Å². The van der Waals surface area contributed by atoms with Crippen molar-refractivity contribution in [2.75, 3.05) is 13.1 Å². The highest BCUT2D eigenvalue weighted by molar-refractivity contribution is 7.89. The number of nitrogens with zero attached hydrogens (tertiary/aromatic N) is 1. The number of benzene rings is 1. The van der Waals surface area contributed by atoms with Gasteiger partial charge in [0.05, 0.1) is 16.5 Å². The molecule has 5 nitrogen and oxygen atoms in total. The second kappa shape index (κ2) is 5.29. The molecule has 1 heterocycles. The van der Waals surface area contributed by atoms with Crippen molar-refractivity contribution >= 4 is 10.0 Å². The lowest BCUT2D eigenvalue weighted by Gasteiger charge is -2.34. The fraction of sp³-hybridized carbons (Fsp3) is 0.462. The van der Waals surface area contributed by atoms with E-state index < -0.39 is 15.6 Å². The molecule has 1 fully saturated rings. The third kappa shape index (κ3) is 3.32.